The van der Waals surface area contributed by atoms with Gasteiger partial charge >= 0.3 is 0 Å². The predicted molar refractivity (Wildman–Crippen MR) is 64.0 cm³/mol. The minimum Gasteiger partial charge on any atom is -0.452 e. The van der Waals surface area contributed by atoms with Crippen molar-refractivity contribution in [3.63, 3.8) is 0 Å². The van der Waals surface area contributed by atoms with Crippen molar-refractivity contribution < 1.29 is 14.0 Å². The van der Waals surface area contributed by atoms with Crippen molar-refractivity contribution in [3.8, 4) is 0 Å². The second-order valence-electron chi connectivity index (χ2n) is 3.46. The summed E-state index contributed by atoms with van der Waals surface area (Å²) in [4.78, 5) is 22.8. The van der Waals surface area contributed by atoms with Gasteiger partial charge in [0, 0.05) is 19.5 Å². The van der Waals surface area contributed by atoms with Crippen LogP contribution in [-0.4, -0.2) is 24.9 Å². The molecule has 0 spiro atoms. The maximum atomic E-state index is 11.5. The Kier molecular flexibility index (Phi) is 5.56. The van der Waals surface area contributed by atoms with Gasteiger partial charge in [-0.2, -0.15) is 0 Å². The second-order valence-corrected chi connectivity index (χ2v) is 3.81. The monoisotopic (exact) mass is 258 g/mol. The number of amides is 2. The Morgan fingerprint density at radius 3 is 2.71 bits per heavy atom. The summed E-state index contributed by atoms with van der Waals surface area (Å²) in [5.74, 6) is -0.419. The molecule has 0 saturated heterocycles. The Morgan fingerprint density at radius 2 is 2.12 bits per heavy atom. The second kappa shape index (κ2) is 6.96. The summed E-state index contributed by atoms with van der Waals surface area (Å²) in [7, 11) is 0. The summed E-state index contributed by atoms with van der Waals surface area (Å²) < 4.78 is 4.79. The first-order chi connectivity index (χ1) is 8.15. The fourth-order valence-electron chi connectivity index (χ4n) is 1.19. The van der Waals surface area contributed by atoms with E-state index in [1.54, 1.807) is 0 Å². The molecule has 0 fully saturated rings. The molecule has 0 saturated carbocycles. The Morgan fingerprint density at radius 1 is 1.35 bits per heavy atom. The summed E-state index contributed by atoms with van der Waals surface area (Å²) in [5, 5.41) is 5.36. The SMILES string of the molecule is CCCNC(=O)CCNC(=O)c1ccoc1Cl. The number of rotatable bonds is 6. The number of hydrogen-bond donors (Lipinski definition) is 2. The first kappa shape index (κ1) is 13.6. The predicted octanol–water partition coefficient (Wildman–Crippen LogP) is 1.58. The van der Waals surface area contributed by atoms with E-state index in [9.17, 15) is 9.59 Å². The summed E-state index contributed by atoms with van der Waals surface area (Å²) in [6.45, 7) is 2.90. The molecule has 6 heteroatoms. The Balaban J connectivity index is 2.25. The third-order valence-corrected chi connectivity index (χ3v) is 2.37. The molecule has 0 unspecified atom stereocenters. The van der Waals surface area contributed by atoms with Gasteiger partial charge in [0.2, 0.25) is 11.1 Å². The Labute approximate surface area is 105 Å². The van der Waals surface area contributed by atoms with Crippen LogP contribution in [0.25, 0.3) is 0 Å². The topological polar surface area (TPSA) is 71.3 Å². The smallest absolute Gasteiger partial charge is 0.256 e. The molecule has 0 radical (unpaired) electrons. The van der Waals surface area contributed by atoms with Crippen LogP contribution in [-0.2, 0) is 4.79 Å². The molecule has 0 atom stereocenters. The number of halogens is 1. The van der Waals surface area contributed by atoms with Crippen molar-refractivity contribution in [1.82, 2.24) is 10.6 Å². The van der Waals surface area contributed by atoms with Gasteiger partial charge in [-0.25, -0.2) is 0 Å². The lowest BCUT2D eigenvalue weighted by molar-refractivity contribution is -0.120. The van der Waals surface area contributed by atoms with E-state index in [-0.39, 0.29) is 35.6 Å². The molecular weight excluding hydrogens is 244 g/mol. The summed E-state index contributed by atoms with van der Waals surface area (Å²) in [6.07, 6.45) is 2.48. The molecular formula is C11H15ClN2O3. The van der Waals surface area contributed by atoms with E-state index in [2.05, 4.69) is 10.6 Å². The summed E-state index contributed by atoms with van der Waals surface area (Å²) in [6, 6.07) is 1.48. The molecule has 2 amide bonds. The molecule has 0 bridgehead atoms. The lowest BCUT2D eigenvalue weighted by Gasteiger charge is -2.04. The molecule has 1 aromatic rings. The van der Waals surface area contributed by atoms with E-state index < -0.39 is 0 Å². The molecule has 5 nitrogen and oxygen atoms in total. The average Bonchev–Trinajstić information content (AvgIpc) is 2.72. The van der Waals surface area contributed by atoms with Crippen LogP contribution in [0.2, 0.25) is 5.22 Å². The fourth-order valence-corrected chi connectivity index (χ4v) is 1.39. The largest absolute Gasteiger partial charge is 0.452 e. The van der Waals surface area contributed by atoms with Gasteiger partial charge in [-0.15, -0.1) is 0 Å². The molecule has 1 heterocycles. The van der Waals surface area contributed by atoms with Gasteiger partial charge in [0.05, 0.1) is 11.8 Å². The van der Waals surface area contributed by atoms with Crippen LogP contribution in [0.5, 0.6) is 0 Å². The van der Waals surface area contributed by atoms with Crippen molar-refractivity contribution in [1.29, 1.82) is 0 Å². The Hall–Kier alpha value is -1.49. The van der Waals surface area contributed by atoms with Gasteiger partial charge in [0.25, 0.3) is 5.91 Å². The lowest BCUT2D eigenvalue weighted by atomic mass is 10.3. The third-order valence-electron chi connectivity index (χ3n) is 2.07. The maximum absolute atomic E-state index is 11.5. The molecule has 94 valence electrons. The first-order valence-corrected chi connectivity index (χ1v) is 5.80. The average molecular weight is 259 g/mol. The number of hydrogen-bond acceptors (Lipinski definition) is 3. The first-order valence-electron chi connectivity index (χ1n) is 5.43. The number of furan rings is 1. The van der Waals surface area contributed by atoms with Gasteiger partial charge < -0.3 is 15.1 Å². The van der Waals surface area contributed by atoms with Crippen LogP contribution in [0, 0.1) is 0 Å². The van der Waals surface area contributed by atoms with Crippen molar-refractivity contribution in [2.24, 2.45) is 0 Å². The highest BCUT2D eigenvalue weighted by molar-refractivity contribution is 6.32. The molecule has 0 aromatic carbocycles. The van der Waals surface area contributed by atoms with Gasteiger partial charge in [-0.3, -0.25) is 9.59 Å². The van der Waals surface area contributed by atoms with E-state index in [4.69, 9.17) is 16.0 Å². The number of carbonyl (C=O) groups excluding carboxylic acids is 2. The highest BCUT2D eigenvalue weighted by atomic mass is 35.5. The highest BCUT2D eigenvalue weighted by Gasteiger charge is 2.12. The molecule has 2 N–H and O–H groups in total. The molecule has 1 aromatic heterocycles. The standard InChI is InChI=1S/C11H15ClN2O3/c1-2-5-13-9(15)3-6-14-11(16)8-4-7-17-10(8)12/h4,7H,2-3,5-6H2,1H3,(H,13,15)(H,14,16). The third kappa shape index (κ3) is 4.48. The van der Waals surface area contributed by atoms with Crippen LogP contribution >= 0.6 is 11.6 Å². The lowest BCUT2D eigenvalue weighted by Crippen LogP contribution is -2.30. The van der Waals surface area contributed by atoms with Crippen molar-refractivity contribution in [2.45, 2.75) is 19.8 Å². The quantitative estimate of drug-likeness (QED) is 0.814. The van der Waals surface area contributed by atoms with E-state index in [0.29, 0.717) is 6.54 Å². The summed E-state index contributed by atoms with van der Waals surface area (Å²) in [5.41, 5.74) is 0.278. The van der Waals surface area contributed by atoms with E-state index in [0.717, 1.165) is 6.42 Å². The van der Waals surface area contributed by atoms with E-state index >= 15 is 0 Å². The number of nitrogens with one attached hydrogen (secondary N) is 2. The van der Waals surface area contributed by atoms with Crippen molar-refractivity contribution in [3.05, 3.63) is 23.1 Å². The molecule has 0 aliphatic heterocycles. The van der Waals surface area contributed by atoms with Crippen LogP contribution in [0.3, 0.4) is 0 Å². The maximum Gasteiger partial charge on any atom is 0.256 e. The van der Waals surface area contributed by atoms with Crippen LogP contribution in [0.1, 0.15) is 30.1 Å². The minimum atomic E-state index is -0.341. The highest BCUT2D eigenvalue weighted by Crippen LogP contribution is 2.15. The zero-order chi connectivity index (χ0) is 12.7. The zero-order valence-electron chi connectivity index (χ0n) is 9.59. The summed E-state index contributed by atoms with van der Waals surface area (Å²) >= 11 is 5.64. The van der Waals surface area contributed by atoms with Gasteiger partial charge in [-0.05, 0) is 24.1 Å². The van der Waals surface area contributed by atoms with Gasteiger partial charge in [0.15, 0.2) is 0 Å². The van der Waals surface area contributed by atoms with Crippen LogP contribution < -0.4 is 10.6 Å². The normalized spacial score (nSPS) is 10.0. The van der Waals surface area contributed by atoms with Crippen LogP contribution in [0.15, 0.2) is 16.7 Å². The number of carbonyl (C=O) groups is 2. The fraction of sp³-hybridized carbons (Fsp3) is 0.455. The van der Waals surface area contributed by atoms with E-state index in [1.165, 1.54) is 12.3 Å². The minimum absolute atomic E-state index is 0.0536. The zero-order valence-corrected chi connectivity index (χ0v) is 10.3. The van der Waals surface area contributed by atoms with Crippen molar-refractivity contribution in [2.75, 3.05) is 13.1 Å². The van der Waals surface area contributed by atoms with Gasteiger partial charge in [0.1, 0.15) is 0 Å². The van der Waals surface area contributed by atoms with Gasteiger partial charge in [-0.1, -0.05) is 6.92 Å². The molecule has 0 aliphatic rings. The molecule has 17 heavy (non-hydrogen) atoms. The van der Waals surface area contributed by atoms with Crippen molar-refractivity contribution >= 4 is 23.4 Å². The molecule has 0 aliphatic carbocycles. The Bertz CT molecular complexity index is 390. The van der Waals surface area contributed by atoms with E-state index in [1.807, 2.05) is 6.92 Å². The van der Waals surface area contributed by atoms with Crippen LogP contribution in [0.4, 0.5) is 0 Å². The molecule has 1 rings (SSSR count).